The first-order chi connectivity index (χ1) is 5.72. The zero-order valence-corrected chi connectivity index (χ0v) is 6.68. The van der Waals surface area contributed by atoms with Crippen LogP contribution in [0, 0.1) is 6.92 Å². The van der Waals surface area contributed by atoms with Gasteiger partial charge in [0.05, 0.1) is 0 Å². The molecule has 0 radical (unpaired) electrons. The summed E-state index contributed by atoms with van der Waals surface area (Å²) in [7, 11) is 1.57. The maximum absolute atomic E-state index is 9.21. The Labute approximate surface area is 68.3 Å². The molecule has 2 rings (SSSR count). The van der Waals surface area contributed by atoms with E-state index in [0.29, 0.717) is 17.4 Å². The Hall–Kier alpha value is -1.72. The Bertz CT molecular complexity index is 389. The summed E-state index contributed by atoms with van der Waals surface area (Å²) in [6.07, 6.45) is 0. The van der Waals surface area contributed by atoms with Crippen LogP contribution in [-0.2, 0) is 0 Å². The van der Waals surface area contributed by atoms with Crippen molar-refractivity contribution in [2.75, 3.05) is 7.05 Å². The normalized spacial score (nSPS) is 18.2. The fraction of sp³-hybridized carbons (Fsp3) is 0.333. The van der Waals surface area contributed by atoms with Crippen LogP contribution in [0.15, 0.2) is 10.1 Å². The van der Waals surface area contributed by atoms with Crippen LogP contribution in [0.2, 0.25) is 0 Å². The quantitative estimate of drug-likeness (QED) is 0.575. The molecule has 0 amide bonds. The number of aromatic nitrogens is 3. The Morgan fingerprint density at radius 1 is 1.50 bits per heavy atom. The first-order valence-corrected chi connectivity index (χ1v) is 3.41. The smallest absolute Gasteiger partial charge is 0.260 e. The number of aliphatic hydroxyl groups excluding tert-OH is 1. The van der Waals surface area contributed by atoms with Crippen LogP contribution >= 0.6 is 0 Å². The van der Waals surface area contributed by atoms with Crippen molar-refractivity contribution < 1.29 is 5.11 Å². The van der Waals surface area contributed by atoms with Gasteiger partial charge in [0.25, 0.3) is 5.90 Å². The van der Waals surface area contributed by atoms with Gasteiger partial charge >= 0.3 is 0 Å². The summed E-state index contributed by atoms with van der Waals surface area (Å²) in [5, 5.41) is 16.8. The molecule has 6 nitrogen and oxygen atoms in total. The summed E-state index contributed by atoms with van der Waals surface area (Å²) in [6.45, 7) is 1.76. The van der Waals surface area contributed by atoms with E-state index in [0.717, 1.165) is 0 Å². The van der Waals surface area contributed by atoms with Crippen molar-refractivity contribution >= 4 is 11.6 Å². The van der Waals surface area contributed by atoms with Gasteiger partial charge in [0.2, 0.25) is 5.82 Å². The standard InChI is InChI=1S/C6H7N5O/c1-3-8-5-4(7-2)6(12)10-11(5)9-3/h1-2H3,(H,10,12)/b7-4-. The van der Waals surface area contributed by atoms with Crippen molar-refractivity contribution in [3.05, 3.63) is 11.6 Å². The average Bonchev–Trinajstić information content (AvgIpc) is 2.43. The van der Waals surface area contributed by atoms with Crippen LogP contribution in [0.5, 0.6) is 0 Å². The van der Waals surface area contributed by atoms with Gasteiger partial charge in [-0.3, -0.25) is 4.99 Å². The predicted molar refractivity (Wildman–Crippen MR) is 42.7 cm³/mol. The van der Waals surface area contributed by atoms with Gasteiger partial charge in [-0.2, -0.15) is 0 Å². The zero-order chi connectivity index (χ0) is 8.72. The maximum atomic E-state index is 9.21. The molecule has 2 heterocycles. The van der Waals surface area contributed by atoms with E-state index in [1.54, 1.807) is 14.0 Å². The summed E-state index contributed by atoms with van der Waals surface area (Å²) in [4.78, 5) is 9.15. The van der Waals surface area contributed by atoms with Crippen molar-refractivity contribution in [2.24, 2.45) is 10.1 Å². The second kappa shape index (κ2) is 2.13. The lowest BCUT2D eigenvalue weighted by molar-refractivity contribution is 0.553. The SMILES string of the molecule is C/N=C1\C(O)=Nn2nc(C)nc21. The maximum Gasteiger partial charge on any atom is 0.260 e. The zero-order valence-electron chi connectivity index (χ0n) is 6.68. The Balaban J connectivity index is 2.64. The van der Waals surface area contributed by atoms with E-state index in [1.165, 1.54) is 4.79 Å². The minimum atomic E-state index is -0.132. The molecule has 6 heteroatoms. The molecule has 0 unspecified atom stereocenters. The molecule has 1 N–H and O–H groups in total. The third kappa shape index (κ3) is 0.744. The Morgan fingerprint density at radius 3 is 2.92 bits per heavy atom. The summed E-state index contributed by atoms with van der Waals surface area (Å²) in [5.74, 6) is 0.974. The highest BCUT2D eigenvalue weighted by molar-refractivity contribution is 6.44. The van der Waals surface area contributed by atoms with Crippen LogP contribution in [0.3, 0.4) is 0 Å². The monoisotopic (exact) mass is 165 g/mol. The number of aliphatic imine (C=N–C) groups is 1. The minimum absolute atomic E-state index is 0.132. The van der Waals surface area contributed by atoms with Gasteiger partial charge in [0, 0.05) is 7.05 Å². The molecule has 0 saturated heterocycles. The van der Waals surface area contributed by atoms with Crippen molar-refractivity contribution in [3.63, 3.8) is 0 Å². The third-order valence-electron chi connectivity index (χ3n) is 1.53. The number of rotatable bonds is 0. The third-order valence-corrected chi connectivity index (χ3v) is 1.53. The van der Waals surface area contributed by atoms with Crippen LogP contribution in [0.25, 0.3) is 0 Å². The summed E-state index contributed by atoms with van der Waals surface area (Å²) < 4.78 is 0. The van der Waals surface area contributed by atoms with Gasteiger partial charge < -0.3 is 5.11 Å². The van der Waals surface area contributed by atoms with Crippen LogP contribution in [0.1, 0.15) is 11.6 Å². The molecule has 0 bridgehead atoms. The molecule has 0 atom stereocenters. The Morgan fingerprint density at radius 2 is 2.25 bits per heavy atom. The summed E-state index contributed by atoms with van der Waals surface area (Å²) in [6, 6.07) is 0. The predicted octanol–water partition coefficient (Wildman–Crippen LogP) is -0.261. The van der Waals surface area contributed by atoms with Crippen molar-refractivity contribution in [2.45, 2.75) is 6.92 Å². The molecule has 0 spiro atoms. The molecule has 1 aromatic heterocycles. The number of hydrogen-bond acceptors (Lipinski definition) is 4. The van der Waals surface area contributed by atoms with Crippen molar-refractivity contribution in [1.29, 1.82) is 0 Å². The van der Waals surface area contributed by atoms with E-state index in [9.17, 15) is 5.11 Å². The molecular formula is C6H7N5O. The van der Waals surface area contributed by atoms with Gasteiger partial charge in [-0.15, -0.1) is 15.0 Å². The number of aliphatic hydroxyl groups is 1. The van der Waals surface area contributed by atoms with Crippen molar-refractivity contribution in [1.82, 2.24) is 14.9 Å². The summed E-state index contributed by atoms with van der Waals surface area (Å²) >= 11 is 0. The van der Waals surface area contributed by atoms with Gasteiger partial charge in [-0.05, 0) is 6.92 Å². The van der Waals surface area contributed by atoms with Crippen LogP contribution in [-0.4, -0.2) is 38.6 Å². The molecule has 1 aliphatic heterocycles. The fourth-order valence-electron chi connectivity index (χ4n) is 1.06. The lowest BCUT2D eigenvalue weighted by Gasteiger charge is -1.88. The van der Waals surface area contributed by atoms with E-state index < -0.39 is 0 Å². The molecular weight excluding hydrogens is 158 g/mol. The first-order valence-electron chi connectivity index (χ1n) is 3.41. The fourth-order valence-corrected chi connectivity index (χ4v) is 1.06. The molecule has 0 saturated carbocycles. The van der Waals surface area contributed by atoms with E-state index in [-0.39, 0.29) is 5.90 Å². The second-order valence-corrected chi connectivity index (χ2v) is 2.37. The lowest BCUT2D eigenvalue weighted by atomic mass is 10.4. The highest BCUT2D eigenvalue weighted by Gasteiger charge is 2.24. The molecule has 0 fully saturated rings. The molecule has 0 aromatic carbocycles. The van der Waals surface area contributed by atoms with Gasteiger partial charge in [-0.1, -0.05) is 0 Å². The molecule has 1 aromatic rings. The Kier molecular flexibility index (Phi) is 1.24. The van der Waals surface area contributed by atoms with Gasteiger partial charge in [-0.25, -0.2) is 4.98 Å². The first kappa shape index (κ1) is 6.96. The van der Waals surface area contributed by atoms with Crippen molar-refractivity contribution in [3.8, 4) is 0 Å². The number of fused-ring (bicyclic) bond motifs is 1. The minimum Gasteiger partial charge on any atom is -0.491 e. The van der Waals surface area contributed by atoms with E-state index >= 15 is 0 Å². The second-order valence-electron chi connectivity index (χ2n) is 2.37. The highest BCUT2D eigenvalue weighted by atomic mass is 16.3. The van der Waals surface area contributed by atoms with E-state index in [4.69, 9.17) is 0 Å². The average molecular weight is 165 g/mol. The van der Waals surface area contributed by atoms with E-state index in [1.807, 2.05) is 0 Å². The van der Waals surface area contributed by atoms with Crippen LogP contribution < -0.4 is 0 Å². The number of hydrogen-bond donors (Lipinski definition) is 1. The van der Waals surface area contributed by atoms with Gasteiger partial charge in [0.15, 0.2) is 11.5 Å². The highest BCUT2D eigenvalue weighted by Crippen LogP contribution is 2.07. The van der Waals surface area contributed by atoms with Crippen LogP contribution in [0.4, 0.5) is 0 Å². The lowest BCUT2D eigenvalue weighted by Crippen LogP contribution is -2.10. The number of nitrogens with zero attached hydrogens (tertiary/aromatic N) is 5. The molecule has 1 aliphatic rings. The largest absolute Gasteiger partial charge is 0.491 e. The molecule has 12 heavy (non-hydrogen) atoms. The van der Waals surface area contributed by atoms with Gasteiger partial charge in [0.1, 0.15) is 0 Å². The molecule has 0 aliphatic carbocycles. The summed E-state index contributed by atoms with van der Waals surface area (Å²) in [5.41, 5.74) is 0.385. The topological polar surface area (TPSA) is 75.7 Å². The number of aryl methyl sites for hydroxylation is 1. The van der Waals surface area contributed by atoms with E-state index in [2.05, 4.69) is 20.2 Å². The molecule has 62 valence electrons.